The minimum Gasteiger partial charge on any atom is -0.489 e. The van der Waals surface area contributed by atoms with Crippen LogP contribution in [-0.2, 0) is 24.3 Å². The van der Waals surface area contributed by atoms with Crippen molar-refractivity contribution in [3.63, 3.8) is 0 Å². The minimum atomic E-state index is 0.594. The van der Waals surface area contributed by atoms with Gasteiger partial charge in [0.15, 0.2) is 0 Å². The Kier molecular flexibility index (Phi) is 6.25. The van der Waals surface area contributed by atoms with Gasteiger partial charge in [-0.1, -0.05) is 36.4 Å². The van der Waals surface area contributed by atoms with Crippen LogP contribution in [0, 0.1) is 0 Å². The topological polar surface area (TPSA) is 30.5 Å². The van der Waals surface area contributed by atoms with E-state index < -0.39 is 0 Å². The summed E-state index contributed by atoms with van der Waals surface area (Å²) in [6.45, 7) is 2.24. The molecule has 0 aliphatic carbocycles. The summed E-state index contributed by atoms with van der Waals surface area (Å²) < 4.78 is 10.9. The van der Waals surface area contributed by atoms with Gasteiger partial charge in [0, 0.05) is 13.7 Å². The summed E-state index contributed by atoms with van der Waals surface area (Å²) in [6.07, 6.45) is 0.934. The summed E-state index contributed by atoms with van der Waals surface area (Å²) in [7, 11) is 3.67. The standard InChI is InChI=1S/C18H23NO2/c1-19-13-16-3-5-17(6-4-16)14-21-18-9-7-15(8-10-18)11-12-20-2/h3-10,19H,11-14H2,1-2H3. The van der Waals surface area contributed by atoms with Crippen LogP contribution < -0.4 is 10.1 Å². The first-order chi connectivity index (χ1) is 10.3. The van der Waals surface area contributed by atoms with Crippen molar-refractivity contribution in [2.75, 3.05) is 20.8 Å². The van der Waals surface area contributed by atoms with Crippen molar-refractivity contribution in [1.82, 2.24) is 5.32 Å². The molecule has 112 valence electrons. The van der Waals surface area contributed by atoms with Crippen LogP contribution in [0.3, 0.4) is 0 Å². The maximum atomic E-state index is 5.80. The van der Waals surface area contributed by atoms with E-state index in [1.54, 1.807) is 7.11 Å². The van der Waals surface area contributed by atoms with Gasteiger partial charge >= 0.3 is 0 Å². The van der Waals surface area contributed by atoms with E-state index in [0.717, 1.165) is 25.3 Å². The maximum absolute atomic E-state index is 5.80. The molecule has 2 aromatic carbocycles. The van der Waals surface area contributed by atoms with Crippen LogP contribution in [0.1, 0.15) is 16.7 Å². The van der Waals surface area contributed by atoms with Gasteiger partial charge < -0.3 is 14.8 Å². The van der Waals surface area contributed by atoms with Crippen molar-refractivity contribution < 1.29 is 9.47 Å². The van der Waals surface area contributed by atoms with E-state index in [1.165, 1.54) is 16.7 Å². The number of ether oxygens (including phenoxy) is 2. The van der Waals surface area contributed by atoms with Crippen LogP contribution in [0.25, 0.3) is 0 Å². The van der Waals surface area contributed by atoms with Gasteiger partial charge in [0.05, 0.1) is 6.61 Å². The summed E-state index contributed by atoms with van der Waals surface area (Å²) in [5, 5.41) is 3.14. The van der Waals surface area contributed by atoms with Crippen LogP contribution in [0.5, 0.6) is 5.75 Å². The van der Waals surface area contributed by atoms with Gasteiger partial charge in [-0.3, -0.25) is 0 Å². The molecule has 3 heteroatoms. The van der Waals surface area contributed by atoms with Gasteiger partial charge in [-0.25, -0.2) is 0 Å². The monoisotopic (exact) mass is 285 g/mol. The predicted molar refractivity (Wildman–Crippen MR) is 85.6 cm³/mol. The molecule has 1 N–H and O–H groups in total. The highest BCUT2D eigenvalue weighted by Gasteiger charge is 1.98. The van der Waals surface area contributed by atoms with E-state index >= 15 is 0 Å². The van der Waals surface area contributed by atoms with Gasteiger partial charge in [-0.2, -0.15) is 0 Å². The highest BCUT2D eigenvalue weighted by Crippen LogP contribution is 2.15. The van der Waals surface area contributed by atoms with E-state index in [-0.39, 0.29) is 0 Å². The van der Waals surface area contributed by atoms with Gasteiger partial charge in [0.1, 0.15) is 12.4 Å². The molecule has 2 rings (SSSR count). The molecule has 0 spiro atoms. The summed E-state index contributed by atoms with van der Waals surface area (Å²) in [4.78, 5) is 0. The molecule has 0 aliphatic rings. The SMILES string of the molecule is CNCc1ccc(COc2ccc(CCOC)cc2)cc1. The fourth-order valence-electron chi connectivity index (χ4n) is 2.10. The van der Waals surface area contributed by atoms with Crippen LogP contribution in [0.2, 0.25) is 0 Å². The average Bonchev–Trinajstić information content (AvgIpc) is 2.53. The van der Waals surface area contributed by atoms with Gasteiger partial charge in [0.2, 0.25) is 0 Å². The lowest BCUT2D eigenvalue weighted by atomic mass is 10.1. The first kappa shape index (κ1) is 15.5. The Morgan fingerprint density at radius 3 is 2.10 bits per heavy atom. The third kappa shape index (κ3) is 5.21. The fourth-order valence-corrected chi connectivity index (χ4v) is 2.10. The molecular weight excluding hydrogens is 262 g/mol. The maximum Gasteiger partial charge on any atom is 0.119 e. The largest absolute Gasteiger partial charge is 0.489 e. The number of hydrogen-bond acceptors (Lipinski definition) is 3. The van der Waals surface area contributed by atoms with E-state index in [2.05, 4.69) is 41.7 Å². The van der Waals surface area contributed by atoms with Crippen molar-refractivity contribution in [2.45, 2.75) is 19.6 Å². The molecular formula is C18H23NO2. The highest BCUT2D eigenvalue weighted by atomic mass is 16.5. The smallest absolute Gasteiger partial charge is 0.119 e. The zero-order valence-corrected chi connectivity index (χ0v) is 12.8. The molecule has 0 heterocycles. The molecule has 21 heavy (non-hydrogen) atoms. The molecule has 0 aliphatic heterocycles. The molecule has 0 saturated carbocycles. The third-order valence-electron chi connectivity index (χ3n) is 3.33. The second-order valence-corrected chi connectivity index (χ2v) is 5.02. The highest BCUT2D eigenvalue weighted by molar-refractivity contribution is 5.28. The first-order valence-electron chi connectivity index (χ1n) is 7.25. The number of rotatable bonds is 8. The third-order valence-corrected chi connectivity index (χ3v) is 3.33. The van der Waals surface area contributed by atoms with Crippen LogP contribution in [0.4, 0.5) is 0 Å². The molecule has 0 unspecified atom stereocenters. The molecule has 3 nitrogen and oxygen atoms in total. The predicted octanol–water partition coefficient (Wildman–Crippen LogP) is 3.17. The van der Waals surface area contributed by atoms with Crippen molar-refractivity contribution in [1.29, 1.82) is 0 Å². The second kappa shape index (κ2) is 8.45. The Morgan fingerprint density at radius 2 is 1.48 bits per heavy atom. The Balaban J connectivity index is 1.84. The molecule has 2 aromatic rings. The van der Waals surface area contributed by atoms with E-state index in [1.807, 2.05) is 19.2 Å². The minimum absolute atomic E-state index is 0.594. The first-order valence-corrected chi connectivity index (χ1v) is 7.25. The Morgan fingerprint density at radius 1 is 0.857 bits per heavy atom. The number of hydrogen-bond donors (Lipinski definition) is 1. The van der Waals surface area contributed by atoms with Crippen molar-refractivity contribution >= 4 is 0 Å². The number of methoxy groups -OCH3 is 1. The number of benzene rings is 2. The van der Waals surface area contributed by atoms with Crippen molar-refractivity contribution in [3.8, 4) is 5.75 Å². The van der Waals surface area contributed by atoms with Gasteiger partial charge in [0.25, 0.3) is 0 Å². The Labute approximate surface area is 126 Å². The van der Waals surface area contributed by atoms with Crippen molar-refractivity contribution in [3.05, 3.63) is 65.2 Å². The van der Waals surface area contributed by atoms with E-state index in [0.29, 0.717) is 6.61 Å². The lowest BCUT2D eigenvalue weighted by molar-refractivity contribution is 0.202. The van der Waals surface area contributed by atoms with Crippen LogP contribution in [-0.4, -0.2) is 20.8 Å². The van der Waals surface area contributed by atoms with Crippen LogP contribution in [0.15, 0.2) is 48.5 Å². The average molecular weight is 285 g/mol. The van der Waals surface area contributed by atoms with Gasteiger partial charge in [-0.15, -0.1) is 0 Å². The summed E-state index contributed by atoms with van der Waals surface area (Å²) in [6, 6.07) is 16.7. The lowest BCUT2D eigenvalue weighted by Crippen LogP contribution is -2.05. The lowest BCUT2D eigenvalue weighted by Gasteiger charge is -2.08. The summed E-state index contributed by atoms with van der Waals surface area (Å²) in [5.41, 5.74) is 3.72. The molecule has 0 atom stereocenters. The summed E-state index contributed by atoms with van der Waals surface area (Å²) >= 11 is 0. The van der Waals surface area contributed by atoms with Gasteiger partial charge in [-0.05, 0) is 42.3 Å². The molecule has 0 radical (unpaired) electrons. The van der Waals surface area contributed by atoms with Crippen LogP contribution >= 0.6 is 0 Å². The zero-order valence-electron chi connectivity index (χ0n) is 12.8. The molecule has 0 amide bonds. The number of nitrogens with one attached hydrogen (secondary N) is 1. The Bertz CT molecular complexity index is 520. The molecule has 0 saturated heterocycles. The van der Waals surface area contributed by atoms with E-state index in [4.69, 9.17) is 9.47 Å². The van der Waals surface area contributed by atoms with E-state index in [9.17, 15) is 0 Å². The quantitative estimate of drug-likeness (QED) is 0.808. The second-order valence-electron chi connectivity index (χ2n) is 5.02. The molecule has 0 aromatic heterocycles. The summed E-state index contributed by atoms with van der Waals surface area (Å²) in [5.74, 6) is 0.899. The molecule has 0 bridgehead atoms. The molecule has 0 fully saturated rings. The van der Waals surface area contributed by atoms with Crippen molar-refractivity contribution in [2.24, 2.45) is 0 Å². The normalized spacial score (nSPS) is 10.6. The fraction of sp³-hybridized carbons (Fsp3) is 0.333. The zero-order chi connectivity index (χ0) is 14.9. The Hall–Kier alpha value is -1.84.